The van der Waals surface area contributed by atoms with Crippen molar-refractivity contribution >= 4 is 29.1 Å². The molecule has 0 atom stereocenters. The highest BCUT2D eigenvalue weighted by atomic mass is 35.5. The zero-order chi connectivity index (χ0) is 19.0. The fourth-order valence-electron chi connectivity index (χ4n) is 3.85. The normalized spacial score (nSPS) is 17.6. The first-order valence-corrected chi connectivity index (χ1v) is 9.15. The summed E-state index contributed by atoms with van der Waals surface area (Å²) >= 11 is 5.91. The van der Waals surface area contributed by atoms with Crippen molar-refractivity contribution in [2.45, 2.75) is 18.3 Å². The van der Waals surface area contributed by atoms with Crippen molar-refractivity contribution in [1.82, 2.24) is 4.90 Å². The number of hydrogen-bond donors (Lipinski definition) is 1. The second-order valence-corrected chi connectivity index (χ2v) is 7.21. The van der Waals surface area contributed by atoms with Crippen molar-refractivity contribution in [1.29, 1.82) is 0 Å². The van der Waals surface area contributed by atoms with Crippen molar-refractivity contribution in [3.8, 4) is 5.75 Å². The summed E-state index contributed by atoms with van der Waals surface area (Å²) in [4.78, 5) is 26.7. The fraction of sp³-hybridized carbons (Fsp3) is 0.300. The summed E-state index contributed by atoms with van der Waals surface area (Å²) < 4.78 is 19.0. The second kappa shape index (κ2) is 6.85. The third-order valence-electron chi connectivity index (χ3n) is 5.35. The zero-order valence-corrected chi connectivity index (χ0v) is 15.3. The molecule has 27 heavy (non-hydrogen) atoms. The van der Waals surface area contributed by atoms with E-state index in [4.69, 9.17) is 16.3 Å². The van der Waals surface area contributed by atoms with Crippen LogP contribution >= 0.6 is 11.6 Å². The number of carbonyl (C=O) groups is 2. The first-order valence-electron chi connectivity index (χ1n) is 8.77. The van der Waals surface area contributed by atoms with Gasteiger partial charge in [0, 0.05) is 18.8 Å². The fourth-order valence-corrected chi connectivity index (χ4v) is 4.07. The average molecular weight is 389 g/mol. The number of fused-ring (bicyclic) bond motifs is 2. The summed E-state index contributed by atoms with van der Waals surface area (Å²) in [5.74, 6) is -0.988. The predicted octanol–water partition coefficient (Wildman–Crippen LogP) is 3.37. The maximum atomic E-state index is 13.7. The number of nitrogens with zero attached hydrogens (tertiary/aromatic N) is 1. The summed E-state index contributed by atoms with van der Waals surface area (Å²) in [6.45, 7) is 0.584. The lowest BCUT2D eigenvalue weighted by Crippen LogP contribution is -2.49. The lowest BCUT2D eigenvalue weighted by molar-refractivity contribution is -0.137. The van der Waals surface area contributed by atoms with Gasteiger partial charge in [-0.05, 0) is 36.6 Å². The number of rotatable bonds is 3. The first-order chi connectivity index (χ1) is 13.0. The summed E-state index contributed by atoms with van der Waals surface area (Å²) in [7, 11) is 0. The number of amides is 2. The van der Waals surface area contributed by atoms with Crippen molar-refractivity contribution in [2.24, 2.45) is 0 Å². The van der Waals surface area contributed by atoms with Crippen LogP contribution in [0.1, 0.15) is 18.4 Å². The Balaban J connectivity index is 1.41. The maximum absolute atomic E-state index is 13.7. The Bertz CT molecular complexity index is 890. The van der Waals surface area contributed by atoms with E-state index in [0.29, 0.717) is 25.9 Å². The molecular formula is C20H18ClFN2O3. The zero-order valence-electron chi connectivity index (χ0n) is 14.5. The molecule has 0 aliphatic carbocycles. The number of para-hydroxylation sites is 2. The van der Waals surface area contributed by atoms with Gasteiger partial charge in [0.25, 0.3) is 5.91 Å². The Hall–Kier alpha value is -2.60. The van der Waals surface area contributed by atoms with E-state index in [1.165, 1.54) is 18.2 Å². The Morgan fingerprint density at radius 2 is 1.93 bits per heavy atom. The molecule has 7 heteroatoms. The van der Waals surface area contributed by atoms with E-state index in [-0.39, 0.29) is 29.2 Å². The molecule has 0 saturated carbocycles. The van der Waals surface area contributed by atoms with Gasteiger partial charge in [0.1, 0.15) is 0 Å². The third kappa shape index (κ3) is 3.04. The summed E-state index contributed by atoms with van der Waals surface area (Å²) in [6, 6.07) is 11.9. The standard InChI is InChI=1S/C20H18ClFN2O3/c21-14-5-3-6-15(22)18(14)27-12-17(25)24-10-8-20(9-11-24)13-4-1-2-7-16(13)23-19(20)26/h1-7H,8-12H2,(H,23,26). The van der Waals surface area contributed by atoms with E-state index in [1.807, 2.05) is 24.3 Å². The molecule has 2 aromatic carbocycles. The van der Waals surface area contributed by atoms with Gasteiger partial charge in [0.2, 0.25) is 5.91 Å². The van der Waals surface area contributed by atoms with Gasteiger partial charge in [-0.15, -0.1) is 0 Å². The molecule has 2 heterocycles. The van der Waals surface area contributed by atoms with Crippen LogP contribution in [0.25, 0.3) is 0 Å². The Morgan fingerprint density at radius 1 is 1.19 bits per heavy atom. The quantitative estimate of drug-likeness (QED) is 0.877. The van der Waals surface area contributed by atoms with Crippen molar-refractivity contribution < 1.29 is 18.7 Å². The number of ether oxygens (including phenoxy) is 1. The summed E-state index contributed by atoms with van der Waals surface area (Å²) in [6.07, 6.45) is 1.09. The SMILES string of the molecule is O=C(COc1c(F)cccc1Cl)N1CCC2(CC1)C(=O)Nc1ccccc12. The van der Waals surface area contributed by atoms with Gasteiger partial charge in [0.15, 0.2) is 18.2 Å². The van der Waals surface area contributed by atoms with Crippen LogP contribution in [-0.2, 0) is 15.0 Å². The van der Waals surface area contributed by atoms with Crippen LogP contribution < -0.4 is 10.1 Å². The lowest BCUT2D eigenvalue weighted by Gasteiger charge is -2.37. The average Bonchev–Trinajstić information content (AvgIpc) is 2.93. The molecule has 0 radical (unpaired) electrons. The third-order valence-corrected chi connectivity index (χ3v) is 5.65. The molecule has 4 rings (SSSR count). The second-order valence-electron chi connectivity index (χ2n) is 6.80. The van der Waals surface area contributed by atoms with Crippen LogP contribution in [0.4, 0.5) is 10.1 Å². The molecule has 1 fully saturated rings. The number of halogens is 2. The van der Waals surface area contributed by atoms with E-state index in [2.05, 4.69) is 5.32 Å². The number of hydrogen-bond acceptors (Lipinski definition) is 3. The molecule has 2 aliphatic heterocycles. The molecule has 5 nitrogen and oxygen atoms in total. The van der Waals surface area contributed by atoms with Gasteiger partial charge in [-0.3, -0.25) is 9.59 Å². The molecule has 0 aromatic heterocycles. The van der Waals surface area contributed by atoms with Crippen LogP contribution in [0.15, 0.2) is 42.5 Å². The van der Waals surface area contributed by atoms with E-state index < -0.39 is 11.2 Å². The molecule has 2 aromatic rings. The molecule has 1 N–H and O–H groups in total. The Morgan fingerprint density at radius 3 is 2.67 bits per heavy atom. The highest BCUT2D eigenvalue weighted by Gasteiger charge is 2.48. The molecule has 140 valence electrons. The van der Waals surface area contributed by atoms with E-state index in [1.54, 1.807) is 4.90 Å². The van der Waals surface area contributed by atoms with Crippen LogP contribution in [0.3, 0.4) is 0 Å². The molecule has 1 spiro atoms. The molecular weight excluding hydrogens is 371 g/mol. The summed E-state index contributed by atoms with van der Waals surface area (Å²) in [5, 5.41) is 3.06. The van der Waals surface area contributed by atoms with Gasteiger partial charge in [-0.1, -0.05) is 35.9 Å². The lowest BCUT2D eigenvalue weighted by atomic mass is 9.73. The maximum Gasteiger partial charge on any atom is 0.260 e. The number of nitrogens with one attached hydrogen (secondary N) is 1. The van der Waals surface area contributed by atoms with E-state index in [0.717, 1.165) is 11.3 Å². The highest BCUT2D eigenvalue weighted by molar-refractivity contribution is 6.32. The highest BCUT2D eigenvalue weighted by Crippen LogP contribution is 2.44. The molecule has 2 amide bonds. The van der Waals surface area contributed by atoms with Crippen LogP contribution in [0.2, 0.25) is 5.02 Å². The topological polar surface area (TPSA) is 58.6 Å². The molecule has 0 bridgehead atoms. The van der Waals surface area contributed by atoms with Gasteiger partial charge in [-0.2, -0.15) is 0 Å². The van der Waals surface area contributed by atoms with E-state index >= 15 is 0 Å². The van der Waals surface area contributed by atoms with Crippen LogP contribution in [-0.4, -0.2) is 36.4 Å². The van der Waals surface area contributed by atoms with Gasteiger partial charge in [-0.25, -0.2) is 4.39 Å². The summed E-state index contributed by atoms with van der Waals surface area (Å²) in [5.41, 5.74) is 1.26. The Labute approximate surface area is 161 Å². The van der Waals surface area contributed by atoms with Crippen LogP contribution in [0.5, 0.6) is 5.75 Å². The van der Waals surface area contributed by atoms with Gasteiger partial charge >= 0.3 is 0 Å². The smallest absolute Gasteiger partial charge is 0.260 e. The first kappa shape index (κ1) is 17.8. The number of piperidine rings is 1. The van der Waals surface area contributed by atoms with Crippen molar-refractivity contribution in [2.75, 3.05) is 25.0 Å². The monoisotopic (exact) mass is 388 g/mol. The van der Waals surface area contributed by atoms with E-state index in [9.17, 15) is 14.0 Å². The molecule has 0 unspecified atom stereocenters. The van der Waals surface area contributed by atoms with Crippen LogP contribution in [0, 0.1) is 5.82 Å². The number of likely N-dealkylation sites (tertiary alicyclic amines) is 1. The minimum absolute atomic E-state index is 0.00909. The molecule has 2 aliphatic rings. The largest absolute Gasteiger partial charge is 0.479 e. The number of benzene rings is 2. The number of carbonyl (C=O) groups excluding carboxylic acids is 2. The Kier molecular flexibility index (Phi) is 4.52. The minimum atomic E-state index is -0.605. The van der Waals surface area contributed by atoms with Gasteiger partial charge in [0.05, 0.1) is 10.4 Å². The van der Waals surface area contributed by atoms with Gasteiger partial charge < -0.3 is 15.0 Å². The predicted molar refractivity (Wildman–Crippen MR) is 99.5 cm³/mol. The molecule has 1 saturated heterocycles. The van der Waals surface area contributed by atoms with Crippen molar-refractivity contribution in [3.05, 3.63) is 58.9 Å². The number of anilines is 1. The minimum Gasteiger partial charge on any atom is -0.479 e. The van der Waals surface area contributed by atoms with Crippen molar-refractivity contribution in [3.63, 3.8) is 0 Å².